The predicted molar refractivity (Wildman–Crippen MR) is 106 cm³/mol. The number of hydrogen-bond donors (Lipinski definition) is 2. The van der Waals surface area contributed by atoms with Crippen LogP contribution >= 0.6 is 0 Å². The fraction of sp³-hybridized carbons (Fsp3) is 0.158. The number of carboxylic acids is 1. The quantitative estimate of drug-likeness (QED) is 0.206. The summed E-state index contributed by atoms with van der Waals surface area (Å²) < 4.78 is 9.89. The van der Waals surface area contributed by atoms with E-state index < -0.39 is 27.5 Å². The molecule has 0 atom stereocenters. The van der Waals surface area contributed by atoms with Gasteiger partial charge in [-0.1, -0.05) is 6.08 Å². The van der Waals surface area contributed by atoms with Gasteiger partial charge in [-0.05, 0) is 18.6 Å². The molecular weight excluding hydrogens is 416 g/mol. The number of carbonyl (C=O) groups excluding carboxylic acids is 1. The highest BCUT2D eigenvalue weighted by Gasteiger charge is 2.17. The first-order valence-electron chi connectivity index (χ1n) is 8.43. The zero-order valence-corrected chi connectivity index (χ0v) is 16.2. The molecule has 0 heterocycles. The van der Waals surface area contributed by atoms with Crippen LogP contribution in [0.2, 0.25) is 0 Å². The van der Waals surface area contributed by atoms with E-state index in [2.05, 4.69) is 11.3 Å². The molecular formula is C19H18N2O10. The number of benzene rings is 2. The van der Waals surface area contributed by atoms with Crippen molar-refractivity contribution in [1.29, 1.82) is 0 Å². The molecule has 0 aliphatic rings. The van der Waals surface area contributed by atoms with Crippen LogP contribution in [-0.2, 0) is 4.74 Å². The Labute approximate surface area is 175 Å². The third kappa shape index (κ3) is 7.12. The van der Waals surface area contributed by atoms with Gasteiger partial charge in [-0.25, -0.2) is 9.59 Å². The van der Waals surface area contributed by atoms with Crippen molar-refractivity contribution in [3.05, 3.63) is 80.4 Å². The normalized spacial score (nSPS) is 9.58. The second-order valence-electron chi connectivity index (χ2n) is 5.62. The second-order valence-corrected chi connectivity index (χ2v) is 5.62. The Balaban J connectivity index is 0.000000327. The van der Waals surface area contributed by atoms with Crippen molar-refractivity contribution in [3.63, 3.8) is 0 Å². The minimum atomic E-state index is -1.33. The summed E-state index contributed by atoms with van der Waals surface area (Å²) in [6.45, 7) is 3.82. The molecule has 0 amide bonds. The number of carboxylic acid groups (broad SMARTS) is 1. The van der Waals surface area contributed by atoms with E-state index in [9.17, 15) is 29.8 Å². The van der Waals surface area contributed by atoms with Gasteiger partial charge in [0.15, 0.2) is 0 Å². The van der Waals surface area contributed by atoms with Gasteiger partial charge >= 0.3 is 11.9 Å². The molecule has 12 heteroatoms. The molecule has 2 N–H and O–H groups in total. The van der Waals surface area contributed by atoms with E-state index in [1.165, 1.54) is 25.3 Å². The summed E-state index contributed by atoms with van der Waals surface area (Å²) in [5.41, 5.74) is -0.684. The first-order chi connectivity index (χ1) is 14.6. The number of ether oxygens (including phenoxy) is 2. The number of non-ortho nitro benzene ring substituents is 2. The molecule has 0 aliphatic heterocycles. The van der Waals surface area contributed by atoms with Gasteiger partial charge in [0.25, 0.3) is 11.4 Å². The van der Waals surface area contributed by atoms with Crippen LogP contribution in [0, 0.1) is 20.2 Å². The summed E-state index contributed by atoms with van der Waals surface area (Å²) in [5, 5.41) is 38.3. The summed E-state index contributed by atoms with van der Waals surface area (Å²) in [7, 11) is 1.23. The number of methoxy groups -OCH3 is 1. The number of nitro benzene ring substituents is 2. The Kier molecular flexibility index (Phi) is 9.11. The van der Waals surface area contributed by atoms with Crippen molar-refractivity contribution < 1.29 is 39.1 Å². The zero-order chi connectivity index (χ0) is 23.6. The van der Waals surface area contributed by atoms with Crippen molar-refractivity contribution >= 4 is 23.3 Å². The number of aromatic carboxylic acids is 1. The van der Waals surface area contributed by atoms with E-state index in [1.807, 2.05) is 0 Å². The van der Waals surface area contributed by atoms with Crippen LogP contribution in [0.1, 0.15) is 27.1 Å². The summed E-state index contributed by atoms with van der Waals surface area (Å²) in [4.78, 5) is 41.4. The predicted octanol–water partition coefficient (Wildman–Crippen LogP) is 3.33. The summed E-state index contributed by atoms with van der Waals surface area (Å²) in [5.74, 6) is -2.40. The zero-order valence-electron chi connectivity index (χ0n) is 16.2. The van der Waals surface area contributed by atoms with Crippen LogP contribution in [0.4, 0.5) is 11.4 Å². The highest BCUT2D eigenvalue weighted by molar-refractivity contribution is 5.93. The van der Waals surface area contributed by atoms with Crippen LogP contribution < -0.4 is 4.74 Å². The molecule has 0 fully saturated rings. The van der Waals surface area contributed by atoms with E-state index in [1.54, 1.807) is 6.08 Å². The fourth-order valence-electron chi connectivity index (χ4n) is 2.09. The third-order valence-corrected chi connectivity index (χ3v) is 3.58. The number of nitro groups is 2. The third-order valence-electron chi connectivity index (χ3n) is 3.58. The maximum atomic E-state index is 11.5. The van der Waals surface area contributed by atoms with Crippen LogP contribution in [0.15, 0.2) is 49.1 Å². The van der Waals surface area contributed by atoms with Gasteiger partial charge in [0.1, 0.15) is 22.6 Å². The molecule has 0 unspecified atom stereocenters. The molecule has 0 saturated carbocycles. The maximum Gasteiger partial charge on any atom is 0.341 e. The molecule has 164 valence electrons. The Morgan fingerprint density at radius 2 is 1.61 bits per heavy atom. The lowest BCUT2D eigenvalue weighted by Crippen LogP contribution is -2.07. The van der Waals surface area contributed by atoms with Crippen molar-refractivity contribution in [2.24, 2.45) is 0 Å². The van der Waals surface area contributed by atoms with E-state index in [0.29, 0.717) is 6.42 Å². The van der Waals surface area contributed by atoms with Gasteiger partial charge < -0.3 is 19.7 Å². The topological polar surface area (TPSA) is 179 Å². The molecule has 0 bridgehead atoms. The van der Waals surface area contributed by atoms with Gasteiger partial charge in [0.2, 0.25) is 0 Å². The van der Waals surface area contributed by atoms with Crippen molar-refractivity contribution in [1.82, 2.24) is 0 Å². The molecule has 0 radical (unpaired) electrons. The lowest BCUT2D eigenvalue weighted by Gasteiger charge is -2.09. The average Bonchev–Trinajstić information content (AvgIpc) is 2.73. The number of hydrogen-bond acceptors (Lipinski definition) is 9. The van der Waals surface area contributed by atoms with E-state index in [0.717, 1.165) is 18.2 Å². The molecule has 31 heavy (non-hydrogen) atoms. The van der Waals surface area contributed by atoms with Crippen LogP contribution in [0.5, 0.6) is 11.5 Å². The molecule has 2 rings (SSSR count). The number of nitrogens with zero attached hydrogens (tertiary/aromatic N) is 2. The maximum absolute atomic E-state index is 11.5. The Morgan fingerprint density at radius 1 is 1.06 bits per heavy atom. The molecule has 0 spiro atoms. The first-order valence-corrected chi connectivity index (χ1v) is 8.43. The van der Waals surface area contributed by atoms with Gasteiger partial charge in [-0.15, -0.1) is 6.58 Å². The SMILES string of the molecule is C=CCCOc1cc([N+](=O)[O-])ccc1C(=O)OC.O=C(O)c1ccc([N+](=O)[O-])cc1O. The highest BCUT2D eigenvalue weighted by Crippen LogP contribution is 2.26. The van der Waals surface area contributed by atoms with Crippen molar-refractivity contribution in [3.8, 4) is 11.5 Å². The van der Waals surface area contributed by atoms with Crippen molar-refractivity contribution in [2.45, 2.75) is 6.42 Å². The van der Waals surface area contributed by atoms with E-state index in [4.69, 9.17) is 14.9 Å². The number of aromatic hydroxyl groups is 1. The number of phenols is 1. The van der Waals surface area contributed by atoms with Gasteiger partial charge in [-0.3, -0.25) is 20.2 Å². The van der Waals surface area contributed by atoms with Gasteiger partial charge in [0, 0.05) is 12.1 Å². The Bertz CT molecular complexity index is 1000. The minimum Gasteiger partial charge on any atom is -0.507 e. The molecule has 2 aromatic carbocycles. The molecule has 0 aromatic heterocycles. The fourth-order valence-corrected chi connectivity index (χ4v) is 2.09. The number of esters is 1. The second kappa shape index (κ2) is 11.5. The lowest BCUT2D eigenvalue weighted by molar-refractivity contribution is -0.385. The smallest absolute Gasteiger partial charge is 0.341 e. The Hall–Kier alpha value is -4.48. The molecule has 0 saturated heterocycles. The van der Waals surface area contributed by atoms with E-state index in [-0.39, 0.29) is 34.9 Å². The standard InChI is InChI=1S/C12H13NO5.C7H5NO5/c1-3-4-7-18-11-8-9(13(15)16)5-6-10(11)12(14)17-2;9-6-3-4(8(12)13)1-2-5(6)7(10)11/h3,5-6,8H,1,4,7H2,2H3;1-3,9H,(H,10,11). The number of rotatable bonds is 8. The average molecular weight is 434 g/mol. The van der Waals surface area contributed by atoms with Crippen LogP contribution in [-0.4, -0.2) is 45.7 Å². The Morgan fingerprint density at radius 3 is 2.06 bits per heavy atom. The van der Waals surface area contributed by atoms with E-state index >= 15 is 0 Å². The minimum absolute atomic E-state index is 0.137. The van der Waals surface area contributed by atoms with Gasteiger partial charge in [0.05, 0.1) is 35.7 Å². The summed E-state index contributed by atoms with van der Waals surface area (Å²) in [6.07, 6.45) is 2.22. The van der Waals surface area contributed by atoms with Crippen LogP contribution in [0.3, 0.4) is 0 Å². The highest BCUT2D eigenvalue weighted by atomic mass is 16.6. The molecule has 12 nitrogen and oxygen atoms in total. The monoisotopic (exact) mass is 434 g/mol. The van der Waals surface area contributed by atoms with Crippen LogP contribution in [0.25, 0.3) is 0 Å². The molecule has 0 aliphatic carbocycles. The summed E-state index contributed by atoms with van der Waals surface area (Å²) in [6, 6.07) is 6.54. The number of carbonyl (C=O) groups is 2. The van der Waals surface area contributed by atoms with Crippen molar-refractivity contribution in [2.75, 3.05) is 13.7 Å². The van der Waals surface area contributed by atoms with Gasteiger partial charge in [-0.2, -0.15) is 0 Å². The molecule has 2 aromatic rings. The summed E-state index contributed by atoms with van der Waals surface area (Å²) >= 11 is 0. The largest absolute Gasteiger partial charge is 0.507 e. The lowest BCUT2D eigenvalue weighted by atomic mass is 10.2. The first kappa shape index (κ1) is 24.6.